The fraction of sp³-hybridized carbons (Fsp3) is 0.158. The molecular formula is C19H17ClFN3O3. The summed E-state index contributed by atoms with van der Waals surface area (Å²) in [7, 11) is 1.86. The SMILES string of the molecule is Cn1cc([C@H](O)CNC(=O)C(=O)Nc2ccc(F)c(Cl)c2)c2ccccc21. The minimum absolute atomic E-state index is 0.134. The first-order valence-corrected chi connectivity index (χ1v) is 8.51. The number of rotatable bonds is 4. The van der Waals surface area contributed by atoms with Crippen LogP contribution in [0.15, 0.2) is 48.7 Å². The van der Waals surface area contributed by atoms with E-state index in [0.29, 0.717) is 5.56 Å². The van der Waals surface area contributed by atoms with Crippen molar-refractivity contribution in [3.05, 3.63) is 65.1 Å². The number of hydrogen-bond donors (Lipinski definition) is 3. The number of halogens is 2. The molecule has 0 bridgehead atoms. The summed E-state index contributed by atoms with van der Waals surface area (Å²) in [6, 6.07) is 11.1. The predicted octanol–water partition coefficient (Wildman–Crippen LogP) is 2.76. The molecule has 1 aromatic heterocycles. The third kappa shape index (κ3) is 4.10. The zero-order chi connectivity index (χ0) is 19.6. The van der Waals surface area contributed by atoms with Crippen LogP contribution in [0.5, 0.6) is 0 Å². The highest BCUT2D eigenvalue weighted by Gasteiger charge is 2.19. The summed E-state index contributed by atoms with van der Waals surface area (Å²) in [6.07, 6.45) is 0.801. The van der Waals surface area contributed by atoms with Crippen molar-refractivity contribution in [1.82, 2.24) is 9.88 Å². The summed E-state index contributed by atoms with van der Waals surface area (Å²) in [6.45, 7) is -0.134. The Kier molecular flexibility index (Phi) is 5.43. The van der Waals surface area contributed by atoms with E-state index in [-0.39, 0.29) is 17.3 Å². The Hall–Kier alpha value is -2.90. The molecule has 6 nitrogen and oxygen atoms in total. The molecule has 3 rings (SSSR count). The predicted molar refractivity (Wildman–Crippen MR) is 101 cm³/mol. The van der Waals surface area contributed by atoms with Crippen molar-refractivity contribution in [2.24, 2.45) is 7.05 Å². The van der Waals surface area contributed by atoms with Crippen LogP contribution in [0, 0.1) is 5.82 Å². The Morgan fingerprint density at radius 3 is 2.70 bits per heavy atom. The van der Waals surface area contributed by atoms with Gasteiger partial charge in [0.05, 0.1) is 11.1 Å². The number of aliphatic hydroxyl groups is 1. The summed E-state index contributed by atoms with van der Waals surface area (Å²) >= 11 is 5.64. The Bertz CT molecular complexity index is 1020. The van der Waals surface area contributed by atoms with E-state index in [0.717, 1.165) is 17.0 Å². The van der Waals surface area contributed by atoms with Gasteiger partial charge in [-0.3, -0.25) is 9.59 Å². The second-order valence-corrected chi connectivity index (χ2v) is 6.43. The molecule has 0 saturated carbocycles. The highest BCUT2D eigenvalue weighted by atomic mass is 35.5. The molecule has 1 atom stereocenters. The quantitative estimate of drug-likeness (QED) is 0.600. The van der Waals surface area contributed by atoms with Gasteiger partial charge >= 0.3 is 11.8 Å². The number of aromatic nitrogens is 1. The summed E-state index contributed by atoms with van der Waals surface area (Å²) in [5.41, 5.74) is 1.79. The number of carbonyl (C=O) groups is 2. The van der Waals surface area contributed by atoms with Crippen LogP contribution in [0.2, 0.25) is 5.02 Å². The van der Waals surface area contributed by atoms with Crippen LogP contribution in [0.3, 0.4) is 0 Å². The molecule has 0 aliphatic heterocycles. The van der Waals surface area contributed by atoms with Crippen molar-refractivity contribution in [2.75, 3.05) is 11.9 Å². The summed E-state index contributed by atoms with van der Waals surface area (Å²) in [4.78, 5) is 23.9. The van der Waals surface area contributed by atoms with Crippen LogP contribution in [0.1, 0.15) is 11.7 Å². The lowest BCUT2D eigenvalue weighted by Gasteiger charge is -2.11. The van der Waals surface area contributed by atoms with Gasteiger partial charge in [0.25, 0.3) is 0 Å². The highest BCUT2D eigenvalue weighted by Crippen LogP contribution is 2.25. The number of fused-ring (bicyclic) bond motifs is 1. The molecule has 0 aliphatic carbocycles. The molecule has 1 heterocycles. The van der Waals surface area contributed by atoms with Gasteiger partial charge in [0.15, 0.2) is 0 Å². The molecule has 0 radical (unpaired) electrons. The molecular weight excluding hydrogens is 373 g/mol. The van der Waals surface area contributed by atoms with Gasteiger partial charge in [-0.05, 0) is 24.3 Å². The maximum absolute atomic E-state index is 13.1. The number of para-hydroxylation sites is 1. The molecule has 3 N–H and O–H groups in total. The van der Waals surface area contributed by atoms with Crippen LogP contribution in [-0.4, -0.2) is 28.0 Å². The lowest BCUT2D eigenvalue weighted by Crippen LogP contribution is -2.37. The van der Waals surface area contributed by atoms with Gasteiger partial charge < -0.3 is 20.3 Å². The second kappa shape index (κ2) is 7.77. The number of nitrogens with one attached hydrogen (secondary N) is 2. The average Bonchev–Trinajstić information content (AvgIpc) is 2.99. The molecule has 8 heteroatoms. The zero-order valence-corrected chi connectivity index (χ0v) is 15.1. The molecule has 0 unspecified atom stereocenters. The number of aryl methyl sites for hydroxylation is 1. The maximum Gasteiger partial charge on any atom is 0.313 e. The monoisotopic (exact) mass is 389 g/mol. The zero-order valence-electron chi connectivity index (χ0n) is 14.4. The van der Waals surface area contributed by atoms with Gasteiger partial charge in [-0.25, -0.2) is 4.39 Å². The fourth-order valence-electron chi connectivity index (χ4n) is 2.78. The number of amides is 2. The lowest BCUT2D eigenvalue weighted by atomic mass is 10.1. The van der Waals surface area contributed by atoms with E-state index in [9.17, 15) is 19.1 Å². The molecule has 2 amide bonds. The first-order chi connectivity index (χ1) is 12.9. The van der Waals surface area contributed by atoms with Gasteiger partial charge in [-0.15, -0.1) is 0 Å². The van der Waals surface area contributed by atoms with Crippen LogP contribution < -0.4 is 10.6 Å². The first-order valence-electron chi connectivity index (χ1n) is 8.13. The largest absolute Gasteiger partial charge is 0.386 e. The molecule has 27 heavy (non-hydrogen) atoms. The molecule has 140 valence electrons. The molecule has 2 aromatic carbocycles. The Morgan fingerprint density at radius 1 is 1.22 bits per heavy atom. The Labute approximate surface area is 159 Å². The van der Waals surface area contributed by atoms with Crippen molar-refractivity contribution in [2.45, 2.75) is 6.10 Å². The second-order valence-electron chi connectivity index (χ2n) is 6.02. The van der Waals surface area contributed by atoms with Crippen molar-refractivity contribution < 1.29 is 19.1 Å². The normalized spacial score (nSPS) is 12.0. The topological polar surface area (TPSA) is 83.4 Å². The van der Waals surface area contributed by atoms with Crippen LogP contribution >= 0.6 is 11.6 Å². The third-order valence-electron chi connectivity index (χ3n) is 4.13. The lowest BCUT2D eigenvalue weighted by molar-refractivity contribution is -0.136. The van der Waals surface area contributed by atoms with E-state index in [1.165, 1.54) is 12.1 Å². The van der Waals surface area contributed by atoms with E-state index < -0.39 is 23.7 Å². The standard InChI is InChI=1S/C19H17ClFN3O3/c1-24-10-13(12-4-2-3-5-16(12)24)17(25)9-22-18(26)19(27)23-11-6-7-15(21)14(20)8-11/h2-8,10,17,25H,9H2,1H3,(H,22,26)(H,23,27)/t17-/m1/s1. The number of anilines is 1. The molecule has 0 saturated heterocycles. The van der Waals surface area contributed by atoms with E-state index >= 15 is 0 Å². The molecule has 0 aliphatic rings. The number of carbonyl (C=O) groups excluding carboxylic acids is 2. The average molecular weight is 390 g/mol. The number of nitrogens with zero attached hydrogens (tertiary/aromatic N) is 1. The highest BCUT2D eigenvalue weighted by molar-refractivity contribution is 6.39. The van der Waals surface area contributed by atoms with Crippen molar-refractivity contribution in [3.63, 3.8) is 0 Å². The molecule has 3 aromatic rings. The number of benzene rings is 2. The van der Waals surface area contributed by atoms with Crippen molar-refractivity contribution >= 4 is 40.0 Å². The molecule has 0 spiro atoms. The van der Waals surface area contributed by atoms with Crippen LogP contribution in [0.4, 0.5) is 10.1 Å². The molecule has 0 fully saturated rings. The summed E-state index contributed by atoms with van der Waals surface area (Å²) in [5, 5.41) is 15.8. The van der Waals surface area contributed by atoms with Crippen molar-refractivity contribution in [1.29, 1.82) is 0 Å². The minimum Gasteiger partial charge on any atom is -0.386 e. The van der Waals surface area contributed by atoms with Gasteiger partial charge in [-0.2, -0.15) is 0 Å². The minimum atomic E-state index is -0.979. The third-order valence-corrected chi connectivity index (χ3v) is 4.42. The van der Waals surface area contributed by atoms with E-state index in [1.54, 1.807) is 6.20 Å². The van der Waals surface area contributed by atoms with Gasteiger partial charge in [-0.1, -0.05) is 29.8 Å². The van der Waals surface area contributed by atoms with Gasteiger partial charge in [0.2, 0.25) is 0 Å². The Balaban J connectivity index is 1.62. The van der Waals surface area contributed by atoms with Crippen molar-refractivity contribution in [3.8, 4) is 0 Å². The van der Waals surface area contributed by atoms with E-state index in [1.807, 2.05) is 35.9 Å². The van der Waals surface area contributed by atoms with Gasteiger partial charge in [0, 0.05) is 41.9 Å². The fourth-order valence-corrected chi connectivity index (χ4v) is 2.96. The Morgan fingerprint density at radius 2 is 1.96 bits per heavy atom. The van der Waals surface area contributed by atoms with Crippen LogP contribution in [-0.2, 0) is 16.6 Å². The van der Waals surface area contributed by atoms with Crippen LogP contribution in [0.25, 0.3) is 10.9 Å². The number of hydrogen-bond acceptors (Lipinski definition) is 3. The first kappa shape index (κ1) is 18.9. The maximum atomic E-state index is 13.1. The smallest absolute Gasteiger partial charge is 0.313 e. The number of aliphatic hydroxyl groups excluding tert-OH is 1. The summed E-state index contributed by atoms with van der Waals surface area (Å²) < 4.78 is 15.0. The van der Waals surface area contributed by atoms with E-state index in [2.05, 4.69) is 10.6 Å². The van der Waals surface area contributed by atoms with Gasteiger partial charge in [0.1, 0.15) is 5.82 Å². The van der Waals surface area contributed by atoms with E-state index in [4.69, 9.17) is 11.6 Å². The summed E-state index contributed by atoms with van der Waals surface area (Å²) in [5.74, 6) is -2.49.